The van der Waals surface area contributed by atoms with Crippen molar-refractivity contribution in [2.75, 3.05) is 18.4 Å². The van der Waals surface area contributed by atoms with E-state index in [9.17, 15) is 9.59 Å². The van der Waals surface area contributed by atoms with E-state index in [-0.39, 0.29) is 18.4 Å². The van der Waals surface area contributed by atoms with E-state index in [1.54, 1.807) is 24.3 Å². The molecule has 3 N–H and O–H groups in total. The third kappa shape index (κ3) is 6.40. The van der Waals surface area contributed by atoms with Crippen LogP contribution in [0.5, 0.6) is 0 Å². The second-order valence-electron chi connectivity index (χ2n) is 5.07. The van der Waals surface area contributed by atoms with Crippen LogP contribution in [0.1, 0.15) is 44.0 Å². The van der Waals surface area contributed by atoms with E-state index < -0.39 is 0 Å². The van der Waals surface area contributed by atoms with Crippen LogP contribution in [0.15, 0.2) is 24.3 Å². The SMILES string of the molecule is CCCNC(=O)c1ccc(NC(=O)CNC(C)CC)cc1. The summed E-state index contributed by atoms with van der Waals surface area (Å²) in [5.41, 5.74) is 1.29. The van der Waals surface area contributed by atoms with Gasteiger partial charge in [0.2, 0.25) is 5.91 Å². The Balaban J connectivity index is 2.47. The van der Waals surface area contributed by atoms with Crippen molar-refractivity contribution in [1.29, 1.82) is 0 Å². The zero-order valence-corrected chi connectivity index (χ0v) is 13.0. The molecule has 0 aromatic heterocycles. The third-order valence-electron chi connectivity index (χ3n) is 3.19. The lowest BCUT2D eigenvalue weighted by atomic mass is 10.2. The third-order valence-corrected chi connectivity index (χ3v) is 3.19. The molecule has 0 aliphatic carbocycles. The number of hydrogen-bond acceptors (Lipinski definition) is 3. The minimum absolute atomic E-state index is 0.0847. The quantitative estimate of drug-likeness (QED) is 0.687. The number of rotatable bonds is 8. The van der Waals surface area contributed by atoms with E-state index in [4.69, 9.17) is 0 Å². The highest BCUT2D eigenvalue weighted by atomic mass is 16.2. The van der Waals surface area contributed by atoms with Crippen LogP contribution in [0.2, 0.25) is 0 Å². The van der Waals surface area contributed by atoms with Crippen molar-refractivity contribution in [3.63, 3.8) is 0 Å². The average Bonchev–Trinajstić information content (AvgIpc) is 2.50. The van der Waals surface area contributed by atoms with Crippen molar-refractivity contribution in [2.45, 2.75) is 39.7 Å². The number of amides is 2. The van der Waals surface area contributed by atoms with Crippen LogP contribution < -0.4 is 16.0 Å². The van der Waals surface area contributed by atoms with E-state index in [1.807, 2.05) is 13.8 Å². The molecule has 0 fully saturated rings. The highest BCUT2D eigenvalue weighted by molar-refractivity contribution is 5.96. The number of benzene rings is 1. The molecule has 1 aromatic carbocycles. The summed E-state index contributed by atoms with van der Waals surface area (Å²) in [5, 5.41) is 8.74. The minimum Gasteiger partial charge on any atom is -0.352 e. The molecule has 5 nitrogen and oxygen atoms in total. The Bertz CT molecular complexity index is 457. The first-order chi connectivity index (χ1) is 10.1. The Morgan fingerprint density at radius 3 is 2.38 bits per heavy atom. The Morgan fingerprint density at radius 1 is 1.14 bits per heavy atom. The molecule has 1 atom stereocenters. The van der Waals surface area contributed by atoms with Gasteiger partial charge in [0, 0.05) is 23.8 Å². The Morgan fingerprint density at radius 2 is 1.81 bits per heavy atom. The average molecular weight is 291 g/mol. The van der Waals surface area contributed by atoms with Gasteiger partial charge >= 0.3 is 0 Å². The monoisotopic (exact) mass is 291 g/mol. The molecule has 0 saturated heterocycles. The summed E-state index contributed by atoms with van der Waals surface area (Å²) < 4.78 is 0. The first kappa shape index (κ1) is 17.2. The van der Waals surface area contributed by atoms with Gasteiger partial charge in [0.15, 0.2) is 0 Å². The fourth-order valence-electron chi connectivity index (χ4n) is 1.66. The van der Waals surface area contributed by atoms with Gasteiger partial charge < -0.3 is 16.0 Å². The lowest BCUT2D eigenvalue weighted by Gasteiger charge is -2.11. The topological polar surface area (TPSA) is 70.2 Å². The molecule has 0 saturated carbocycles. The lowest BCUT2D eigenvalue weighted by Crippen LogP contribution is -2.33. The molecular weight excluding hydrogens is 266 g/mol. The van der Waals surface area contributed by atoms with Crippen molar-refractivity contribution in [2.24, 2.45) is 0 Å². The van der Waals surface area contributed by atoms with Gasteiger partial charge in [0.1, 0.15) is 0 Å². The second kappa shape index (κ2) is 9.13. The molecule has 1 aromatic rings. The summed E-state index contributed by atoms with van der Waals surface area (Å²) in [6.45, 7) is 7.06. The molecule has 0 aliphatic rings. The molecule has 0 radical (unpaired) electrons. The number of anilines is 1. The molecule has 0 heterocycles. The predicted octanol–water partition coefficient (Wildman–Crippen LogP) is 2.15. The van der Waals surface area contributed by atoms with Crippen LogP contribution in [-0.2, 0) is 4.79 Å². The Labute approximate surface area is 126 Å². The van der Waals surface area contributed by atoms with Crippen molar-refractivity contribution in [3.8, 4) is 0 Å². The van der Waals surface area contributed by atoms with E-state index >= 15 is 0 Å². The van der Waals surface area contributed by atoms with Crippen molar-refractivity contribution in [1.82, 2.24) is 10.6 Å². The summed E-state index contributed by atoms with van der Waals surface area (Å²) in [6, 6.07) is 7.22. The zero-order chi connectivity index (χ0) is 15.7. The Kier molecular flexibility index (Phi) is 7.46. The highest BCUT2D eigenvalue weighted by Crippen LogP contribution is 2.09. The van der Waals surface area contributed by atoms with Gasteiger partial charge in [-0.3, -0.25) is 9.59 Å². The summed E-state index contributed by atoms with van der Waals surface area (Å²) in [4.78, 5) is 23.5. The van der Waals surface area contributed by atoms with Gasteiger partial charge in [0.25, 0.3) is 5.91 Å². The normalized spacial score (nSPS) is 11.8. The molecular formula is C16H25N3O2. The maximum Gasteiger partial charge on any atom is 0.251 e. The van der Waals surface area contributed by atoms with Crippen LogP contribution in [-0.4, -0.2) is 30.9 Å². The van der Waals surface area contributed by atoms with Crippen LogP contribution in [0, 0.1) is 0 Å². The highest BCUT2D eigenvalue weighted by Gasteiger charge is 2.07. The van der Waals surface area contributed by atoms with Crippen molar-refractivity contribution >= 4 is 17.5 Å². The number of carbonyl (C=O) groups is 2. The fraction of sp³-hybridized carbons (Fsp3) is 0.500. The van der Waals surface area contributed by atoms with Gasteiger partial charge in [-0.2, -0.15) is 0 Å². The maximum atomic E-state index is 11.7. The minimum atomic E-state index is -0.0897. The van der Waals surface area contributed by atoms with Crippen LogP contribution in [0.25, 0.3) is 0 Å². The molecule has 2 amide bonds. The van der Waals surface area contributed by atoms with Crippen LogP contribution in [0.3, 0.4) is 0 Å². The maximum absolute atomic E-state index is 11.7. The molecule has 5 heteroatoms. The van der Waals surface area contributed by atoms with Gasteiger partial charge in [-0.05, 0) is 44.0 Å². The molecule has 0 aliphatic heterocycles. The lowest BCUT2D eigenvalue weighted by molar-refractivity contribution is -0.115. The first-order valence-electron chi connectivity index (χ1n) is 7.48. The first-order valence-corrected chi connectivity index (χ1v) is 7.48. The van der Waals surface area contributed by atoms with Gasteiger partial charge in [-0.25, -0.2) is 0 Å². The standard InChI is InChI=1S/C16H25N3O2/c1-4-10-17-16(21)13-6-8-14(9-7-13)19-15(20)11-18-12(3)5-2/h6-9,12,18H,4-5,10-11H2,1-3H3,(H,17,21)(H,19,20). The molecule has 116 valence electrons. The van der Waals surface area contributed by atoms with Crippen LogP contribution in [0.4, 0.5) is 5.69 Å². The Hall–Kier alpha value is -1.88. The van der Waals surface area contributed by atoms with Crippen LogP contribution >= 0.6 is 0 Å². The van der Waals surface area contributed by atoms with E-state index in [2.05, 4.69) is 22.9 Å². The van der Waals surface area contributed by atoms with Gasteiger partial charge in [-0.15, -0.1) is 0 Å². The van der Waals surface area contributed by atoms with E-state index in [0.29, 0.717) is 23.8 Å². The number of nitrogens with one attached hydrogen (secondary N) is 3. The summed E-state index contributed by atoms with van der Waals surface area (Å²) in [5.74, 6) is -0.174. The summed E-state index contributed by atoms with van der Waals surface area (Å²) >= 11 is 0. The number of carbonyl (C=O) groups excluding carboxylic acids is 2. The summed E-state index contributed by atoms with van der Waals surface area (Å²) in [6.07, 6.45) is 1.89. The van der Waals surface area contributed by atoms with E-state index in [1.165, 1.54) is 0 Å². The van der Waals surface area contributed by atoms with Crippen molar-refractivity contribution < 1.29 is 9.59 Å². The number of hydrogen-bond donors (Lipinski definition) is 3. The smallest absolute Gasteiger partial charge is 0.251 e. The molecule has 1 rings (SSSR count). The van der Waals surface area contributed by atoms with Gasteiger partial charge in [-0.1, -0.05) is 13.8 Å². The largest absolute Gasteiger partial charge is 0.352 e. The fourth-order valence-corrected chi connectivity index (χ4v) is 1.66. The molecule has 0 spiro atoms. The van der Waals surface area contributed by atoms with Gasteiger partial charge in [0.05, 0.1) is 6.54 Å². The summed E-state index contributed by atoms with van der Waals surface area (Å²) in [7, 11) is 0. The van der Waals surface area contributed by atoms with Crippen molar-refractivity contribution in [3.05, 3.63) is 29.8 Å². The molecule has 21 heavy (non-hydrogen) atoms. The molecule has 1 unspecified atom stereocenters. The second-order valence-corrected chi connectivity index (χ2v) is 5.07. The van der Waals surface area contributed by atoms with E-state index in [0.717, 1.165) is 12.8 Å². The zero-order valence-electron chi connectivity index (χ0n) is 13.0. The molecule has 0 bridgehead atoms. The predicted molar refractivity (Wildman–Crippen MR) is 85.5 cm³/mol.